The van der Waals surface area contributed by atoms with E-state index in [4.69, 9.17) is 0 Å². The van der Waals surface area contributed by atoms with Crippen LogP contribution >= 0.6 is 11.8 Å². The molecule has 0 saturated heterocycles. The van der Waals surface area contributed by atoms with Gasteiger partial charge in [-0.15, -0.1) is 0 Å². The van der Waals surface area contributed by atoms with Gasteiger partial charge in [-0.25, -0.2) is 13.4 Å². The van der Waals surface area contributed by atoms with Crippen molar-refractivity contribution in [1.82, 2.24) is 9.55 Å². The number of hydrogen-bond acceptors (Lipinski definition) is 5. The molecular weight excluding hydrogens is 368 g/mol. The topological polar surface area (TPSA) is 69.0 Å². The van der Waals surface area contributed by atoms with E-state index < -0.39 is 9.84 Å². The van der Waals surface area contributed by atoms with Gasteiger partial charge in [-0.1, -0.05) is 36.0 Å². The van der Waals surface area contributed by atoms with Crippen LogP contribution < -0.4 is 5.56 Å². The lowest BCUT2D eigenvalue weighted by Crippen LogP contribution is -2.23. The van der Waals surface area contributed by atoms with Crippen molar-refractivity contribution in [3.63, 3.8) is 0 Å². The smallest absolute Gasteiger partial charge is 0.266 e. The quantitative estimate of drug-likeness (QED) is 0.496. The van der Waals surface area contributed by atoms with Gasteiger partial charge in [0.1, 0.15) is 9.84 Å². The van der Waals surface area contributed by atoms with Gasteiger partial charge < -0.3 is 0 Å². The Kier molecular flexibility index (Phi) is 5.20. The number of rotatable bonds is 5. The maximum absolute atomic E-state index is 13.2. The maximum atomic E-state index is 13.2. The van der Waals surface area contributed by atoms with Crippen molar-refractivity contribution in [2.45, 2.75) is 19.0 Å². The molecule has 0 spiro atoms. The van der Waals surface area contributed by atoms with Crippen molar-refractivity contribution >= 4 is 32.5 Å². The summed E-state index contributed by atoms with van der Waals surface area (Å²) < 4.78 is 24.5. The van der Waals surface area contributed by atoms with Gasteiger partial charge >= 0.3 is 0 Å². The van der Waals surface area contributed by atoms with E-state index in [1.807, 2.05) is 44.2 Å². The number of hydrogen-bond donors (Lipinski definition) is 0. The second-order valence-electron chi connectivity index (χ2n) is 6.25. The van der Waals surface area contributed by atoms with E-state index in [1.165, 1.54) is 18.0 Å². The van der Waals surface area contributed by atoms with Gasteiger partial charge in [0.15, 0.2) is 5.16 Å². The van der Waals surface area contributed by atoms with E-state index >= 15 is 0 Å². The van der Waals surface area contributed by atoms with Crippen LogP contribution in [-0.4, -0.2) is 35.7 Å². The summed E-state index contributed by atoms with van der Waals surface area (Å²) in [6, 6.07) is 13.0. The van der Waals surface area contributed by atoms with Crippen LogP contribution in [-0.2, 0) is 9.84 Å². The fraction of sp³-hybridized carbons (Fsp3) is 0.263. The lowest BCUT2D eigenvalue weighted by Gasteiger charge is -2.16. The fourth-order valence-electron chi connectivity index (χ4n) is 2.68. The molecule has 136 valence electrons. The first-order chi connectivity index (χ1) is 12.3. The number of para-hydroxylation sites is 1. The Balaban J connectivity index is 2.21. The standard InChI is InChI=1S/C19H20N2O3S2/c1-13-7-6-10-17(14(13)2)21-18(22)15-8-4-5-9-16(15)20-19(21)25-11-12-26(3,23)24/h4-10H,11-12H2,1-3H3. The number of thioether (sulfide) groups is 1. The molecule has 0 amide bonds. The van der Waals surface area contributed by atoms with Crippen LogP contribution in [0.5, 0.6) is 0 Å². The Morgan fingerprint density at radius 3 is 2.54 bits per heavy atom. The molecule has 0 saturated carbocycles. The third kappa shape index (κ3) is 3.83. The maximum Gasteiger partial charge on any atom is 0.266 e. The Morgan fingerprint density at radius 2 is 1.81 bits per heavy atom. The largest absolute Gasteiger partial charge is 0.268 e. The number of sulfone groups is 1. The number of aromatic nitrogens is 2. The third-order valence-corrected chi connectivity index (χ3v) is 6.39. The van der Waals surface area contributed by atoms with Crippen LogP contribution in [0.1, 0.15) is 11.1 Å². The summed E-state index contributed by atoms with van der Waals surface area (Å²) in [6.45, 7) is 3.96. The number of aryl methyl sites for hydroxylation is 1. The molecule has 1 aromatic heterocycles. The molecule has 3 rings (SSSR count). The van der Waals surface area contributed by atoms with Crippen molar-refractivity contribution in [3.05, 3.63) is 63.9 Å². The van der Waals surface area contributed by atoms with Crippen molar-refractivity contribution in [1.29, 1.82) is 0 Å². The van der Waals surface area contributed by atoms with Gasteiger partial charge in [-0.2, -0.15) is 0 Å². The third-order valence-electron chi connectivity index (χ3n) is 4.25. The van der Waals surface area contributed by atoms with Crippen molar-refractivity contribution in [2.75, 3.05) is 17.8 Å². The predicted octanol–water partition coefficient (Wildman–Crippen LogP) is 3.14. The van der Waals surface area contributed by atoms with Crippen LogP contribution in [0.4, 0.5) is 0 Å². The number of fused-ring (bicyclic) bond motifs is 1. The minimum Gasteiger partial charge on any atom is -0.268 e. The van der Waals surface area contributed by atoms with Crippen LogP contribution in [0.25, 0.3) is 16.6 Å². The normalized spacial score (nSPS) is 11.8. The van der Waals surface area contributed by atoms with Gasteiger partial charge in [0, 0.05) is 12.0 Å². The number of nitrogens with zero attached hydrogens (tertiary/aromatic N) is 2. The van der Waals surface area contributed by atoms with E-state index in [1.54, 1.807) is 16.7 Å². The summed E-state index contributed by atoms with van der Waals surface area (Å²) in [5.74, 6) is 0.377. The molecule has 3 aromatic rings. The van der Waals surface area contributed by atoms with Crippen molar-refractivity contribution < 1.29 is 8.42 Å². The lowest BCUT2D eigenvalue weighted by atomic mass is 10.1. The Bertz CT molecular complexity index is 1140. The summed E-state index contributed by atoms with van der Waals surface area (Å²) >= 11 is 1.29. The highest BCUT2D eigenvalue weighted by Crippen LogP contribution is 2.24. The van der Waals surface area contributed by atoms with Crippen LogP contribution in [0.3, 0.4) is 0 Å². The molecule has 7 heteroatoms. The van der Waals surface area contributed by atoms with E-state index in [0.29, 0.717) is 21.8 Å². The average molecular weight is 389 g/mol. The summed E-state index contributed by atoms with van der Waals surface area (Å²) in [7, 11) is -3.08. The molecule has 0 aliphatic carbocycles. The van der Waals surface area contributed by atoms with Gasteiger partial charge in [0.2, 0.25) is 0 Å². The first kappa shape index (κ1) is 18.7. The van der Waals surface area contributed by atoms with Gasteiger partial charge in [-0.05, 0) is 43.2 Å². The SMILES string of the molecule is Cc1cccc(-n2c(SCCS(C)(=O)=O)nc3ccccc3c2=O)c1C. The Labute approximate surface area is 157 Å². The second-order valence-corrected chi connectivity index (χ2v) is 9.57. The second kappa shape index (κ2) is 7.25. The van der Waals surface area contributed by atoms with Gasteiger partial charge in [0.05, 0.1) is 22.3 Å². The highest BCUT2D eigenvalue weighted by atomic mass is 32.2. The highest BCUT2D eigenvalue weighted by molar-refractivity contribution is 8.00. The summed E-state index contributed by atoms with van der Waals surface area (Å²) in [5, 5.41) is 1.05. The molecule has 0 atom stereocenters. The molecule has 0 bridgehead atoms. The minimum atomic E-state index is -3.08. The summed E-state index contributed by atoms with van der Waals surface area (Å²) in [5.41, 5.74) is 3.31. The zero-order chi connectivity index (χ0) is 18.9. The van der Waals surface area contributed by atoms with Crippen molar-refractivity contribution in [3.8, 4) is 5.69 Å². The molecule has 0 unspecified atom stereocenters. The summed E-state index contributed by atoms with van der Waals surface area (Å²) in [6.07, 6.45) is 1.21. The zero-order valence-electron chi connectivity index (χ0n) is 14.9. The Hall–Kier alpha value is -2.12. The molecule has 0 aliphatic rings. The van der Waals surface area contributed by atoms with Gasteiger partial charge in [0.25, 0.3) is 5.56 Å². The molecule has 26 heavy (non-hydrogen) atoms. The molecule has 0 radical (unpaired) electrons. The average Bonchev–Trinajstić information content (AvgIpc) is 2.57. The summed E-state index contributed by atoms with van der Waals surface area (Å²) in [4.78, 5) is 17.8. The fourth-order valence-corrected chi connectivity index (χ4v) is 4.88. The highest BCUT2D eigenvalue weighted by Gasteiger charge is 2.16. The van der Waals surface area contributed by atoms with E-state index in [9.17, 15) is 13.2 Å². The Morgan fingerprint density at radius 1 is 1.08 bits per heavy atom. The van der Waals surface area contributed by atoms with E-state index in [0.717, 1.165) is 16.8 Å². The van der Waals surface area contributed by atoms with Crippen LogP contribution in [0.15, 0.2) is 52.4 Å². The molecule has 1 heterocycles. The van der Waals surface area contributed by atoms with Gasteiger partial charge in [-0.3, -0.25) is 9.36 Å². The first-order valence-electron chi connectivity index (χ1n) is 8.17. The monoisotopic (exact) mass is 388 g/mol. The van der Waals surface area contributed by atoms with Crippen LogP contribution in [0.2, 0.25) is 0 Å². The van der Waals surface area contributed by atoms with E-state index in [2.05, 4.69) is 4.98 Å². The van der Waals surface area contributed by atoms with E-state index in [-0.39, 0.29) is 11.3 Å². The molecule has 2 aromatic carbocycles. The zero-order valence-corrected chi connectivity index (χ0v) is 16.5. The molecule has 0 fully saturated rings. The number of benzene rings is 2. The molecule has 5 nitrogen and oxygen atoms in total. The first-order valence-corrected chi connectivity index (χ1v) is 11.2. The lowest BCUT2D eigenvalue weighted by molar-refractivity contribution is 0.603. The van der Waals surface area contributed by atoms with Crippen LogP contribution in [0, 0.1) is 13.8 Å². The van der Waals surface area contributed by atoms with Crippen molar-refractivity contribution in [2.24, 2.45) is 0 Å². The molecular formula is C19H20N2O3S2. The molecule has 0 aliphatic heterocycles. The molecule has 0 N–H and O–H groups in total. The minimum absolute atomic E-state index is 0.0349. The predicted molar refractivity (Wildman–Crippen MR) is 107 cm³/mol.